The van der Waals surface area contributed by atoms with E-state index < -0.39 is 0 Å². The highest BCUT2D eigenvalue weighted by molar-refractivity contribution is 8.07. The van der Waals surface area contributed by atoms with Crippen molar-refractivity contribution in [3.8, 4) is 5.75 Å². The van der Waals surface area contributed by atoms with Crippen LogP contribution in [0.25, 0.3) is 0 Å². The second-order valence-electron chi connectivity index (χ2n) is 5.68. The molecule has 0 aliphatic carbocycles. The fourth-order valence-corrected chi connectivity index (χ4v) is 5.44. The Bertz CT molecular complexity index is 458. The lowest BCUT2D eigenvalue weighted by atomic mass is 10.1. The van der Waals surface area contributed by atoms with Crippen LogP contribution in [0.4, 0.5) is 0 Å². The first-order valence-corrected chi connectivity index (χ1v) is 9.35. The van der Waals surface area contributed by atoms with E-state index in [0.717, 1.165) is 17.1 Å². The highest BCUT2D eigenvalue weighted by atomic mass is 32.2. The molecule has 2 heterocycles. The number of thioether (sulfide) groups is 2. The van der Waals surface area contributed by atoms with Crippen LogP contribution in [0.1, 0.15) is 39.3 Å². The van der Waals surface area contributed by atoms with E-state index in [1.165, 1.54) is 0 Å². The summed E-state index contributed by atoms with van der Waals surface area (Å²) in [5, 5.41) is 1.77. The Morgan fingerprint density at radius 1 is 1.33 bits per heavy atom. The number of nitrogens with zero attached hydrogens (tertiary/aromatic N) is 1. The van der Waals surface area contributed by atoms with Gasteiger partial charge in [-0.2, -0.15) is 23.5 Å². The highest BCUT2D eigenvalue weighted by Crippen LogP contribution is 2.41. The molecular weight excluding hydrogens is 302 g/mol. The Kier molecular flexibility index (Phi) is 6.22. The van der Waals surface area contributed by atoms with Gasteiger partial charge in [0.05, 0.1) is 18.3 Å². The van der Waals surface area contributed by atoms with E-state index in [4.69, 9.17) is 10.6 Å². The van der Waals surface area contributed by atoms with E-state index in [0.29, 0.717) is 15.7 Å². The first-order valence-electron chi connectivity index (χ1n) is 7.36. The van der Waals surface area contributed by atoms with Crippen molar-refractivity contribution in [2.24, 2.45) is 5.84 Å². The molecule has 1 aliphatic heterocycles. The Morgan fingerprint density at radius 2 is 2.10 bits per heavy atom. The molecule has 1 aromatic rings. The molecule has 3 N–H and O–H groups in total. The minimum Gasteiger partial charge on any atom is -0.489 e. The van der Waals surface area contributed by atoms with Crippen LogP contribution in [-0.2, 0) is 0 Å². The Hall–Kier alpha value is -0.430. The predicted molar refractivity (Wildman–Crippen MR) is 92.8 cm³/mol. The Labute approximate surface area is 136 Å². The van der Waals surface area contributed by atoms with Crippen LogP contribution in [0, 0.1) is 0 Å². The molecule has 1 aromatic heterocycles. The van der Waals surface area contributed by atoms with Crippen LogP contribution in [0.15, 0.2) is 18.5 Å². The van der Waals surface area contributed by atoms with Crippen LogP contribution in [0.2, 0.25) is 0 Å². The Balaban J connectivity index is 2.13. The first-order chi connectivity index (χ1) is 10.0. The summed E-state index contributed by atoms with van der Waals surface area (Å²) in [5.41, 5.74) is 4.07. The number of hydrogen-bond acceptors (Lipinski definition) is 6. The van der Waals surface area contributed by atoms with Gasteiger partial charge >= 0.3 is 0 Å². The summed E-state index contributed by atoms with van der Waals surface area (Å²) in [6.45, 7) is 8.62. The average molecular weight is 328 g/mol. The topological polar surface area (TPSA) is 60.2 Å². The van der Waals surface area contributed by atoms with Crippen LogP contribution in [-0.4, -0.2) is 32.6 Å². The van der Waals surface area contributed by atoms with Gasteiger partial charge in [-0.15, -0.1) is 0 Å². The summed E-state index contributed by atoms with van der Waals surface area (Å²) in [4.78, 5) is 4.30. The summed E-state index contributed by atoms with van der Waals surface area (Å²) >= 11 is 4.03. The van der Waals surface area contributed by atoms with Gasteiger partial charge in [-0.05, 0) is 25.5 Å². The molecule has 0 bridgehead atoms. The lowest BCUT2D eigenvalue weighted by Crippen LogP contribution is -2.40. The van der Waals surface area contributed by atoms with Crippen molar-refractivity contribution in [2.45, 2.75) is 55.6 Å². The first kappa shape index (κ1) is 16.9. The third kappa shape index (κ3) is 4.52. The monoisotopic (exact) mass is 327 g/mol. The third-order valence-electron chi connectivity index (χ3n) is 3.59. The molecule has 4 nitrogen and oxygen atoms in total. The average Bonchev–Trinajstić information content (AvgIpc) is 2.43. The molecule has 1 aliphatic rings. The van der Waals surface area contributed by atoms with E-state index in [2.05, 4.69) is 24.3 Å². The molecule has 21 heavy (non-hydrogen) atoms. The lowest BCUT2D eigenvalue weighted by molar-refractivity contribution is 0.241. The molecular formula is C15H25N3OS2. The van der Waals surface area contributed by atoms with E-state index in [1.807, 2.05) is 49.6 Å². The molecule has 118 valence electrons. The quantitative estimate of drug-likeness (QED) is 0.640. The van der Waals surface area contributed by atoms with E-state index in [9.17, 15) is 0 Å². The summed E-state index contributed by atoms with van der Waals surface area (Å²) in [5.74, 6) is 7.73. The molecule has 0 saturated carbocycles. The van der Waals surface area contributed by atoms with E-state index >= 15 is 0 Å². The van der Waals surface area contributed by atoms with Crippen LogP contribution < -0.4 is 16.0 Å². The minimum absolute atomic E-state index is 0.0978. The smallest absolute Gasteiger partial charge is 0.138 e. The summed E-state index contributed by atoms with van der Waals surface area (Å²) in [6.07, 6.45) is 3.78. The van der Waals surface area contributed by atoms with Gasteiger partial charge in [-0.1, -0.05) is 13.8 Å². The second-order valence-corrected chi connectivity index (χ2v) is 8.71. The maximum Gasteiger partial charge on any atom is 0.138 e. The SMILES string of the molecule is CC(C)Oc1cncc(C(NN)C2CSC(C)C(C)S2)c1. The van der Waals surface area contributed by atoms with Gasteiger partial charge in [0.1, 0.15) is 5.75 Å². The minimum atomic E-state index is 0.0978. The number of ether oxygens (including phenoxy) is 1. The van der Waals surface area contributed by atoms with Crippen LogP contribution in [0.3, 0.4) is 0 Å². The van der Waals surface area contributed by atoms with Crippen molar-refractivity contribution in [1.82, 2.24) is 10.4 Å². The maximum atomic E-state index is 5.83. The molecule has 6 heteroatoms. The molecule has 0 spiro atoms. The highest BCUT2D eigenvalue weighted by Gasteiger charge is 2.32. The van der Waals surface area contributed by atoms with E-state index in [1.54, 1.807) is 6.20 Å². The summed E-state index contributed by atoms with van der Waals surface area (Å²) < 4.78 is 5.73. The number of aromatic nitrogens is 1. The zero-order chi connectivity index (χ0) is 15.4. The van der Waals surface area contributed by atoms with Crippen molar-refractivity contribution in [1.29, 1.82) is 0 Å². The van der Waals surface area contributed by atoms with Gasteiger partial charge in [-0.3, -0.25) is 16.3 Å². The van der Waals surface area contributed by atoms with Crippen molar-refractivity contribution in [2.75, 3.05) is 5.75 Å². The molecule has 0 radical (unpaired) electrons. The standard InChI is InChI=1S/C15H25N3OS2/c1-9(2)19-13-5-12(6-17-7-13)15(18-16)14-8-20-10(3)11(4)21-14/h5-7,9-11,14-15,18H,8,16H2,1-4H3. The maximum absolute atomic E-state index is 5.83. The van der Waals surface area contributed by atoms with E-state index in [-0.39, 0.29) is 12.1 Å². The van der Waals surface area contributed by atoms with Crippen molar-refractivity contribution in [3.05, 3.63) is 24.0 Å². The number of rotatable bonds is 5. The normalized spacial score (nSPS) is 27.6. The van der Waals surface area contributed by atoms with Gasteiger partial charge in [0.2, 0.25) is 0 Å². The largest absolute Gasteiger partial charge is 0.489 e. The lowest BCUT2D eigenvalue weighted by Gasteiger charge is -2.35. The number of nitrogens with one attached hydrogen (secondary N) is 1. The van der Waals surface area contributed by atoms with Gasteiger partial charge in [0.15, 0.2) is 0 Å². The van der Waals surface area contributed by atoms with Crippen molar-refractivity contribution in [3.63, 3.8) is 0 Å². The molecule has 4 atom stereocenters. The molecule has 0 amide bonds. The molecule has 4 unspecified atom stereocenters. The molecule has 0 aromatic carbocycles. The Morgan fingerprint density at radius 3 is 2.71 bits per heavy atom. The molecule has 1 fully saturated rings. The zero-order valence-corrected chi connectivity index (χ0v) is 14.7. The second kappa shape index (κ2) is 7.72. The van der Waals surface area contributed by atoms with Gasteiger partial charge in [-0.25, -0.2) is 0 Å². The van der Waals surface area contributed by atoms with Crippen LogP contribution >= 0.6 is 23.5 Å². The summed E-state index contributed by atoms with van der Waals surface area (Å²) in [6, 6.07) is 2.14. The number of pyridine rings is 1. The van der Waals surface area contributed by atoms with Gasteiger partial charge in [0, 0.05) is 27.7 Å². The molecule has 2 rings (SSSR count). The number of hydrogen-bond donors (Lipinski definition) is 2. The number of hydrazine groups is 1. The fourth-order valence-electron chi connectivity index (χ4n) is 2.34. The third-order valence-corrected chi connectivity index (χ3v) is 7.09. The van der Waals surface area contributed by atoms with Crippen molar-refractivity contribution >= 4 is 23.5 Å². The fraction of sp³-hybridized carbons (Fsp3) is 0.667. The predicted octanol–water partition coefficient (Wildman–Crippen LogP) is 3.00. The van der Waals surface area contributed by atoms with Gasteiger partial charge < -0.3 is 4.74 Å². The molecule has 1 saturated heterocycles. The summed E-state index contributed by atoms with van der Waals surface area (Å²) in [7, 11) is 0. The zero-order valence-electron chi connectivity index (χ0n) is 13.1. The van der Waals surface area contributed by atoms with Crippen LogP contribution in [0.5, 0.6) is 5.75 Å². The van der Waals surface area contributed by atoms with Crippen molar-refractivity contribution < 1.29 is 4.74 Å². The van der Waals surface area contributed by atoms with Gasteiger partial charge in [0.25, 0.3) is 0 Å². The number of nitrogens with two attached hydrogens (primary N) is 1.